The first-order chi connectivity index (χ1) is 10.2. The standard InChI is InChI=1S/C17H20N2O2/c1-13-6-8-14(9-7-13)11-18-15-4-3-5-16(10-15)19-17(20)12-21-2/h3-10,18H,11-12H2,1-2H3,(H,19,20). The van der Waals surface area contributed by atoms with Crippen LogP contribution >= 0.6 is 0 Å². The number of carbonyl (C=O) groups excluding carboxylic acids is 1. The topological polar surface area (TPSA) is 50.4 Å². The van der Waals surface area contributed by atoms with Crippen molar-refractivity contribution in [3.05, 3.63) is 59.7 Å². The molecule has 0 atom stereocenters. The molecule has 2 N–H and O–H groups in total. The van der Waals surface area contributed by atoms with Crippen LogP contribution in [0, 0.1) is 6.92 Å². The number of anilines is 2. The number of hydrogen-bond acceptors (Lipinski definition) is 3. The molecule has 0 aromatic heterocycles. The number of hydrogen-bond donors (Lipinski definition) is 2. The fourth-order valence-electron chi connectivity index (χ4n) is 1.95. The van der Waals surface area contributed by atoms with E-state index in [4.69, 9.17) is 4.74 Å². The maximum Gasteiger partial charge on any atom is 0.250 e. The number of carbonyl (C=O) groups is 1. The predicted octanol–water partition coefficient (Wildman–Crippen LogP) is 3.19. The van der Waals surface area contributed by atoms with E-state index in [1.807, 2.05) is 24.3 Å². The average Bonchev–Trinajstić information content (AvgIpc) is 2.47. The lowest BCUT2D eigenvalue weighted by Crippen LogP contribution is -2.17. The summed E-state index contributed by atoms with van der Waals surface area (Å²) in [6.45, 7) is 2.88. The molecule has 110 valence electrons. The molecule has 0 aliphatic carbocycles. The zero-order valence-electron chi connectivity index (χ0n) is 12.3. The number of rotatable bonds is 6. The number of methoxy groups -OCH3 is 1. The largest absolute Gasteiger partial charge is 0.381 e. The van der Waals surface area contributed by atoms with Crippen LogP contribution in [0.5, 0.6) is 0 Å². The fraction of sp³-hybridized carbons (Fsp3) is 0.235. The van der Waals surface area contributed by atoms with E-state index in [1.54, 1.807) is 0 Å². The molecule has 0 saturated carbocycles. The molecule has 0 spiro atoms. The normalized spacial score (nSPS) is 10.2. The molecule has 1 amide bonds. The molecule has 0 radical (unpaired) electrons. The Morgan fingerprint density at radius 1 is 1.10 bits per heavy atom. The van der Waals surface area contributed by atoms with E-state index < -0.39 is 0 Å². The van der Waals surface area contributed by atoms with Gasteiger partial charge in [0.1, 0.15) is 6.61 Å². The van der Waals surface area contributed by atoms with Gasteiger partial charge in [0, 0.05) is 25.0 Å². The Kier molecular flexibility index (Phi) is 5.35. The van der Waals surface area contributed by atoms with E-state index in [0.717, 1.165) is 17.9 Å². The number of ether oxygens (including phenoxy) is 1. The van der Waals surface area contributed by atoms with Crippen LogP contribution in [0.2, 0.25) is 0 Å². The minimum atomic E-state index is -0.159. The third-order valence-corrected chi connectivity index (χ3v) is 3.04. The van der Waals surface area contributed by atoms with Gasteiger partial charge in [0.25, 0.3) is 0 Å². The van der Waals surface area contributed by atoms with Crippen molar-refractivity contribution >= 4 is 17.3 Å². The average molecular weight is 284 g/mol. The highest BCUT2D eigenvalue weighted by Crippen LogP contribution is 2.16. The van der Waals surface area contributed by atoms with Gasteiger partial charge in [0.15, 0.2) is 0 Å². The van der Waals surface area contributed by atoms with Crippen LogP contribution in [-0.2, 0) is 16.1 Å². The first-order valence-corrected chi connectivity index (χ1v) is 6.85. The van der Waals surface area contributed by atoms with Gasteiger partial charge in [-0.2, -0.15) is 0 Å². The molecule has 2 aromatic carbocycles. The van der Waals surface area contributed by atoms with Crippen LogP contribution in [-0.4, -0.2) is 19.6 Å². The lowest BCUT2D eigenvalue weighted by molar-refractivity contribution is -0.119. The van der Waals surface area contributed by atoms with E-state index in [1.165, 1.54) is 18.2 Å². The SMILES string of the molecule is COCC(=O)Nc1cccc(NCc2ccc(C)cc2)c1. The maximum atomic E-state index is 11.5. The van der Waals surface area contributed by atoms with Crippen molar-refractivity contribution < 1.29 is 9.53 Å². The summed E-state index contributed by atoms with van der Waals surface area (Å²) in [5, 5.41) is 6.13. The number of aryl methyl sites for hydroxylation is 1. The summed E-state index contributed by atoms with van der Waals surface area (Å²) in [5.41, 5.74) is 4.19. The van der Waals surface area contributed by atoms with E-state index in [2.05, 4.69) is 41.8 Å². The third kappa shape index (κ3) is 4.93. The monoisotopic (exact) mass is 284 g/mol. The van der Waals surface area contributed by atoms with Crippen LogP contribution in [0.3, 0.4) is 0 Å². The van der Waals surface area contributed by atoms with Crippen molar-refractivity contribution in [2.75, 3.05) is 24.4 Å². The van der Waals surface area contributed by atoms with Gasteiger partial charge in [-0.25, -0.2) is 0 Å². The third-order valence-electron chi connectivity index (χ3n) is 3.04. The number of benzene rings is 2. The highest BCUT2D eigenvalue weighted by Gasteiger charge is 2.02. The van der Waals surface area contributed by atoms with Gasteiger partial charge in [-0.15, -0.1) is 0 Å². The molecule has 21 heavy (non-hydrogen) atoms. The first-order valence-electron chi connectivity index (χ1n) is 6.85. The van der Waals surface area contributed by atoms with Crippen LogP contribution in [0.15, 0.2) is 48.5 Å². The van der Waals surface area contributed by atoms with Gasteiger partial charge in [-0.3, -0.25) is 4.79 Å². The molecule has 4 heteroatoms. The second kappa shape index (κ2) is 7.45. The molecule has 0 fully saturated rings. The molecule has 0 heterocycles. The van der Waals surface area contributed by atoms with Gasteiger partial charge in [-0.05, 0) is 30.7 Å². The van der Waals surface area contributed by atoms with E-state index in [-0.39, 0.29) is 12.5 Å². The predicted molar refractivity (Wildman–Crippen MR) is 85.5 cm³/mol. The summed E-state index contributed by atoms with van der Waals surface area (Å²) in [6, 6.07) is 16.0. The van der Waals surface area contributed by atoms with Gasteiger partial charge in [0.05, 0.1) is 0 Å². The highest BCUT2D eigenvalue weighted by molar-refractivity contribution is 5.92. The Bertz CT molecular complexity index is 594. The van der Waals surface area contributed by atoms with Gasteiger partial charge >= 0.3 is 0 Å². The Morgan fingerprint density at radius 2 is 1.81 bits per heavy atom. The van der Waals surface area contributed by atoms with Crippen molar-refractivity contribution in [3.8, 4) is 0 Å². The summed E-state index contributed by atoms with van der Waals surface area (Å²) >= 11 is 0. The summed E-state index contributed by atoms with van der Waals surface area (Å²) < 4.78 is 4.79. The molecule has 2 rings (SSSR count). The quantitative estimate of drug-likeness (QED) is 0.856. The summed E-state index contributed by atoms with van der Waals surface area (Å²) in [7, 11) is 1.50. The summed E-state index contributed by atoms with van der Waals surface area (Å²) in [4.78, 5) is 11.5. The van der Waals surface area contributed by atoms with E-state index in [0.29, 0.717) is 0 Å². The van der Waals surface area contributed by atoms with Crippen molar-refractivity contribution in [3.63, 3.8) is 0 Å². The van der Waals surface area contributed by atoms with Crippen LogP contribution < -0.4 is 10.6 Å². The van der Waals surface area contributed by atoms with E-state index >= 15 is 0 Å². The van der Waals surface area contributed by atoms with Gasteiger partial charge in [0.2, 0.25) is 5.91 Å². The molecular weight excluding hydrogens is 264 g/mol. The molecular formula is C17H20N2O2. The zero-order valence-corrected chi connectivity index (χ0v) is 12.3. The second-order valence-corrected chi connectivity index (χ2v) is 4.90. The number of amides is 1. The minimum absolute atomic E-state index is 0.0566. The van der Waals surface area contributed by atoms with E-state index in [9.17, 15) is 4.79 Å². The van der Waals surface area contributed by atoms with Crippen LogP contribution in [0.1, 0.15) is 11.1 Å². The maximum absolute atomic E-state index is 11.5. The summed E-state index contributed by atoms with van der Waals surface area (Å²) in [5.74, 6) is -0.159. The highest BCUT2D eigenvalue weighted by atomic mass is 16.5. The Balaban J connectivity index is 1.94. The lowest BCUT2D eigenvalue weighted by atomic mass is 10.1. The smallest absolute Gasteiger partial charge is 0.250 e. The molecule has 0 unspecified atom stereocenters. The van der Waals surface area contributed by atoms with Crippen molar-refractivity contribution in [1.29, 1.82) is 0 Å². The lowest BCUT2D eigenvalue weighted by Gasteiger charge is -2.10. The van der Waals surface area contributed by atoms with Gasteiger partial charge in [-0.1, -0.05) is 35.9 Å². The molecule has 2 aromatic rings. The van der Waals surface area contributed by atoms with Crippen LogP contribution in [0.4, 0.5) is 11.4 Å². The van der Waals surface area contributed by atoms with Crippen LogP contribution in [0.25, 0.3) is 0 Å². The Hall–Kier alpha value is -2.33. The fourth-order valence-corrected chi connectivity index (χ4v) is 1.95. The summed E-state index contributed by atoms with van der Waals surface area (Å²) in [6.07, 6.45) is 0. The van der Waals surface area contributed by atoms with Crippen molar-refractivity contribution in [2.45, 2.75) is 13.5 Å². The van der Waals surface area contributed by atoms with Crippen molar-refractivity contribution in [2.24, 2.45) is 0 Å². The Morgan fingerprint density at radius 3 is 2.52 bits per heavy atom. The molecule has 0 bridgehead atoms. The minimum Gasteiger partial charge on any atom is -0.381 e. The number of nitrogens with one attached hydrogen (secondary N) is 2. The Labute approximate surface area is 125 Å². The molecule has 0 aliphatic rings. The first kappa shape index (κ1) is 15.1. The zero-order chi connectivity index (χ0) is 15.1. The molecule has 0 saturated heterocycles. The van der Waals surface area contributed by atoms with Gasteiger partial charge < -0.3 is 15.4 Å². The molecule has 4 nitrogen and oxygen atoms in total. The molecule has 0 aliphatic heterocycles. The van der Waals surface area contributed by atoms with Crippen molar-refractivity contribution in [1.82, 2.24) is 0 Å². The second-order valence-electron chi connectivity index (χ2n) is 4.90.